The predicted molar refractivity (Wildman–Crippen MR) is 201 cm³/mol. The summed E-state index contributed by atoms with van der Waals surface area (Å²) in [6, 6.07) is 7.55. The Bertz CT molecular complexity index is 1600. The second-order valence-electron chi connectivity index (χ2n) is 19.5. The van der Waals surface area contributed by atoms with Crippen LogP contribution >= 0.6 is 11.6 Å². The molecule has 0 spiro atoms. The molecular formula is C43H62ClNO6. The fraction of sp³-hybridized carbons (Fsp3) is 0.744. The minimum atomic E-state index is -1.17. The number of carbonyl (C=O) groups excluding carboxylic acids is 2. The second kappa shape index (κ2) is 12.9. The van der Waals surface area contributed by atoms with Gasteiger partial charge in [0.25, 0.3) is 0 Å². The monoisotopic (exact) mass is 723 g/mol. The average molecular weight is 724 g/mol. The lowest BCUT2D eigenvalue weighted by molar-refractivity contribution is -0.235. The van der Waals surface area contributed by atoms with Gasteiger partial charge in [0.15, 0.2) is 5.78 Å². The van der Waals surface area contributed by atoms with Gasteiger partial charge in [0.1, 0.15) is 6.10 Å². The van der Waals surface area contributed by atoms with Crippen LogP contribution in [0.1, 0.15) is 127 Å². The van der Waals surface area contributed by atoms with Crippen molar-refractivity contribution in [3.63, 3.8) is 0 Å². The molecule has 0 aliphatic heterocycles. The molecule has 1 unspecified atom stereocenters. The van der Waals surface area contributed by atoms with Gasteiger partial charge in [-0.1, -0.05) is 65.6 Å². The Labute approximate surface area is 310 Å². The van der Waals surface area contributed by atoms with Gasteiger partial charge in [-0.25, -0.2) is 0 Å². The quantitative estimate of drug-likeness (QED) is 0.218. The number of ether oxygens (including phenoxy) is 1. The van der Waals surface area contributed by atoms with E-state index in [0.29, 0.717) is 29.8 Å². The number of carbonyl (C=O) groups is 3. The minimum absolute atomic E-state index is 0.0211. The number of hydrogen-bond donors (Lipinski definition) is 3. The highest BCUT2D eigenvalue weighted by Gasteiger charge is 2.70. The molecule has 1 aromatic carbocycles. The normalized spacial score (nSPS) is 37.9. The van der Waals surface area contributed by atoms with Crippen LogP contribution < -0.4 is 5.32 Å². The lowest BCUT2D eigenvalue weighted by Crippen LogP contribution is -2.66. The molecule has 9 atom stereocenters. The van der Waals surface area contributed by atoms with Crippen molar-refractivity contribution in [3.8, 4) is 0 Å². The van der Waals surface area contributed by atoms with Crippen LogP contribution in [0.3, 0.4) is 0 Å². The van der Waals surface area contributed by atoms with Crippen molar-refractivity contribution in [1.82, 2.24) is 0 Å². The van der Waals surface area contributed by atoms with E-state index in [0.717, 1.165) is 62.6 Å². The van der Waals surface area contributed by atoms with Crippen molar-refractivity contribution >= 4 is 35.0 Å². The summed E-state index contributed by atoms with van der Waals surface area (Å²) in [4.78, 5) is 38.8. The van der Waals surface area contributed by atoms with E-state index >= 15 is 0 Å². The van der Waals surface area contributed by atoms with Crippen molar-refractivity contribution in [2.75, 3.05) is 11.9 Å². The molecule has 5 aliphatic rings. The van der Waals surface area contributed by atoms with Gasteiger partial charge in [-0.15, -0.1) is 0 Å². The lowest BCUT2D eigenvalue weighted by atomic mass is 9.33. The van der Waals surface area contributed by atoms with Crippen LogP contribution in [-0.2, 0) is 19.1 Å². The van der Waals surface area contributed by atoms with E-state index in [2.05, 4.69) is 53.8 Å². The Kier molecular flexibility index (Phi) is 9.69. The molecule has 0 radical (unpaired) electrons. The van der Waals surface area contributed by atoms with Crippen LogP contribution in [-0.4, -0.2) is 46.7 Å². The number of Topliss-reactive ketones (excluding diaryl/α,β-unsaturated/α-hetero) is 1. The summed E-state index contributed by atoms with van der Waals surface area (Å²) >= 11 is 6.12. The number of benzene rings is 1. The molecular weight excluding hydrogens is 662 g/mol. The van der Waals surface area contributed by atoms with Gasteiger partial charge in [0, 0.05) is 34.5 Å². The first-order valence-electron chi connectivity index (χ1n) is 19.5. The Morgan fingerprint density at radius 3 is 2.24 bits per heavy atom. The van der Waals surface area contributed by atoms with E-state index in [9.17, 15) is 24.6 Å². The molecule has 7 nitrogen and oxygen atoms in total. The molecule has 8 heteroatoms. The zero-order chi connectivity index (χ0) is 37.5. The summed E-state index contributed by atoms with van der Waals surface area (Å²) in [5, 5.41) is 25.8. The summed E-state index contributed by atoms with van der Waals surface area (Å²) in [6.07, 6.45) is 7.07. The number of rotatable bonds is 9. The summed E-state index contributed by atoms with van der Waals surface area (Å²) < 4.78 is 6.16. The van der Waals surface area contributed by atoms with Gasteiger partial charge in [-0.05, 0) is 135 Å². The highest BCUT2D eigenvalue weighted by molar-refractivity contribution is 6.30. The third kappa shape index (κ3) is 5.90. The Hall–Kier alpha value is -2.38. The van der Waals surface area contributed by atoms with Crippen molar-refractivity contribution in [3.05, 3.63) is 40.4 Å². The number of hydrogen-bond acceptors (Lipinski definition) is 6. The van der Waals surface area contributed by atoms with Crippen LogP contribution in [0.5, 0.6) is 0 Å². The van der Waals surface area contributed by atoms with Crippen LogP contribution in [0, 0.1) is 56.2 Å². The van der Waals surface area contributed by atoms with Gasteiger partial charge >= 0.3 is 11.9 Å². The molecule has 5 aliphatic carbocycles. The number of nitrogens with one attached hydrogen (secondary N) is 1. The van der Waals surface area contributed by atoms with Crippen LogP contribution in [0.15, 0.2) is 35.4 Å². The summed E-state index contributed by atoms with van der Waals surface area (Å²) in [5.74, 6) is -0.00187. The summed E-state index contributed by atoms with van der Waals surface area (Å²) in [5.41, 5.74) is 1.28. The number of allylic oxidation sites excluding steroid dienone is 1. The van der Waals surface area contributed by atoms with E-state index in [1.54, 1.807) is 13.8 Å². The molecule has 3 N–H and O–H groups in total. The number of ketones is 1. The largest absolute Gasteiger partial charge is 0.481 e. The maximum atomic E-state index is 14.0. The fourth-order valence-corrected chi connectivity index (χ4v) is 13.0. The van der Waals surface area contributed by atoms with Crippen molar-refractivity contribution in [2.45, 2.75) is 139 Å². The smallest absolute Gasteiger partial charge is 0.309 e. The SMILES string of the molecule is CC(C)C1=C2[C@H]3CC[C@@H]4[C@@]5(C)CC[C@H](OC(=O)CC(C)(C)C(=O)O)C(C)(C)[C@@H]5CC[C@@]4(C)[C@]3(C)CCC2([C@H](O)CNc2ccc(Cl)cc2)CC1=O. The van der Waals surface area contributed by atoms with Crippen molar-refractivity contribution in [2.24, 2.45) is 56.2 Å². The number of carboxylic acid groups (broad SMARTS) is 1. The van der Waals surface area contributed by atoms with Crippen LogP contribution in [0.4, 0.5) is 5.69 Å². The number of carboxylic acids is 1. The number of fused-ring (bicyclic) bond motifs is 7. The third-order valence-corrected chi connectivity index (χ3v) is 16.1. The standard InChI is InChI=1S/C43H62ClNO6/c1-25(2)35-29(46)22-43(32(47)24-45-27-12-10-26(44)11-13-27)21-20-41(8)28(36(35)43)14-15-31-40(7)18-17-33(51-34(48)23-38(3,4)37(49)50)39(5,6)30(40)16-19-42(31,41)9/h10-13,25,28,30-33,45,47H,14-24H2,1-9H3,(H,49,50)/t28-,30+,31-,32-,33+,40+,41-,42-,43?/m1/s1. The van der Waals surface area contributed by atoms with Gasteiger partial charge in [0.05, 0.1) is 17.9 Å². The Balaban J connectivity index is 1.28. The topological polar surface area (TPSA) is 113 Å². The number of halogens is 1. The van der Waals surface area contributed by atoms with Gasteiger partial charge < -0.3 is 20.3 Å². The minimum Gasteiger partial charge on any atom is -0.481 e. The summed E-state index contributed by atoms with van der Waals surface area (Å²) in [6.45, 7) is 19.9. The van der Waals surface area contributed by atoms with E-state index in [1.165, 1.54) is 5.57 Å². The maximum Gasteiger partial charge on any atom is 0.309 e. The number of aliphatic carboxylic acids is 1. The molecule has 0 heterocycles. The van der Waals surface area contributed by atoms with Crippen molar-refractivity contribution < 1.29 is 29.3 Å². The fourth-order valence-electron chi connectivity index (χ4n) is 12.9. The lowest BCUT2D eigenvalue weighted by Gasteiger charge is -2.72. The molecule has 51 heavy (non-hydrogen) atoms. The van der Waals surface area contributed by atoms with E-state index < -0.39 is 28.9 Å². The maximum absolute atomic E-state index is 14.0. The van der Waals surface area contributed by atoms with Gasteiger partial charge in [-0.3, -0.25) is 14.4 Å². The highest BCUT2D eigenvalue weighted by atomic mass is 35.5. The molecule has 0 bridgehead atoms. The molecule has 0 aromatic heterocycles. The molecule has 0 saturated heterocycles. The first kappa shape index (κ1) is 38.3. The molecule has 4 fully saturated rings. The molecule has 4 saturated carbocycles. The first-order chi connectivity index (χ1) is 23.6. The van der Waals surface area contributed by atoms with E-state index in [4.69, 9.17) is 16.3 Å². The zero-order valence-corrected chi connectivity index (χ0v) is 33.2. The Morgan fingerprint density at radius 2 is 1.61 bits per heavy atom. The first-order valence-corrected chi connectivity index (χ1v) is 19.9. The van der Waals surface area contributed by atoms with Crippen LogP contribution in [0.2, 0.25) is 5.02 Å². The average Bonchev–Trinajstić information content (AvgIpc) is 3.35. The van der Waals surface area contributed by atoms with Gasteiger partial charge in [0.2, 0.25) is 0 Å². The number of anilines is 1. The molecule has 6 rings (SSSR count). The number of aliphatic hydroxyl groups excluding tert-OH is 1. The number of aliphatic hydroxyl groups is 1. The van der Waals surface area contributed by atoms with Crippen molar-refractivity contribution in [1.29, 1.82) is 0 Å². The number of esters is 1. The summed E-state index contributed by atoms with van der Waals surface area (Å²) in [7, 11) is 0. The molecule has 1 aromatic rings. The second-order valence-corrected chi connectivity index (χ2v) is 19.9. The highest BCUT2D eigenvalue weighted by Crippen LogP contribution is 2.77. The van der Waals surface area contributed by atoms with Gasteiger partial charge in [-0.2, -0.15) is 0 Å². The van der Waals surface area contributed by atoms with E-state index in [-0.39, 0.29) is 51.8 Å². The van der Waals surface area contributed by atoms with Crippen LogP contribution in [0.25, 0.3) is 0 Å². The zero-order valence-electron chi connectivity index (χ0n) is 32.5. The van der Waals surface area contributed by atoms with E-state index in [1.807, 2.05) is 24.3 Å². The predicted octanol–water partition coefficient (Wildman–Crippen LogP) is 9.51. The third-order valence-electron chi connectivity index (χ3n) is 15.8. The molecule has 0 amide bonds. The molecule has 282 valence electrons. The Morgan fingerprint density at radius 1 is 0.941 bits per heavy atom.